The molecule has 28 heavy (non-hydrogen) atoms. The Kier molecular flexibility index (Phi) is 6.01. The molecule has 1 aromatic carbocycles. The van der Waals surface area contributed by atoms with Crippen LogP contribution in [0.2, 0.25) is 0 Å². The molecule has 0 N–H and O–H groups in total. The molecule has 0 radical (unpaired) electrons. The van der Waals surface area contributed by atoms with Gasteiger partial charge in [0.05, 0.1) is 23.6 Å². The van der Waals surface area contributed by atoms with Crippen LogP contribution >= 0.6 is 11.8 Å². The third-order valence-electron chi connectivity index (χ3n) is 5.09. The number of nitriles is 1. The number of rotatable bonds is 5. The summed E-state index contributed by atoms with van der Waals surface area (Å²) in [7, 11) is -3.11. The van der Waals surface area contributed by atoms with Gasteiger partial charge in [-0.05, 0) is 44.5 Å². The molecule has 2 fully saturated rings. The quantitative estimate of drug-likeness (QED) is 0.722. The number of nitrogens with zero attached hydrogens (tertiary/aromatic N) is 4. The number of aliphatic imine (C=N–C) groups is 1. The van der Waals surface area contributed by atoms with Gasteiger partial charge in [-0.1, -0.05) is 11.8 Å². The van der Waals surface area contributed by atoms with E-state index in [0.29, 0.717) is 5.17 Å². The minimum Gasteiger partial charge on any atom is -0.372 e. The van der Waals surface area contributed by atoms with Gasteiger partial charge in [-0.25, -0.2) is 8.42 Å². The summed E-state index contributed by atoms with van der Waals surface area (Å²) in [6.45, 7) is 7.98. The average Bonchev–Trinajstić information content (AvgIpc) is 3.08. The molecule has 2 aliphatic rings. The van der Waals surface area contributed by atoms with E-state index in [-0.39, 0.29) is 29.2 Å². The van der Waals surface area contributed by atoms with Crippen LogP contribution in [0.25, 0.3) is 0 Å². The van der Waals surface area contributed by atoms with Gasteiger partial charge in [-0.2, -0.15) is 10.3 Å². The Bertz CT molecular complexity index is 948. The summed E-state index contributed by atoms with van der Waals surface area (Å²) in [6.07, 6.45) is -0.286. The largest absolute Gasteiger partial charge is 0.372 e. The van der Waals surface area contributed by atoms with E-state index in [9.17, 15) is 13.2 Å². The Labute approximate surface area is 170 Å². The molecule has 0 unspecified atom stereocenters. The molecule has 0 aromatic heterocycles. The Morgan fingerprint density at radius 2 is 2.07 bits per heavy atom. The fourth-order valence-electron chi connectivity index (χ4n) is 3.76. The summed E-state index contributed by atoms with van der Waals surface area (Å²) in [4.78, 5) is 20.2. The van der Waals surface area contributed by atoms with Crippen molar-refractivity contribution in [2.24, 2.45) is 4.99 Å². The lowest BCUT2D eigenvalue weighted by molar-refractivity contribution is -0.116. The van der Waals surface area contributed by atoms with Gasteiger partial charge < -0.3 is 9.80 Å². The van der Waals surface area contributed by atoms with Crippen molar-refractivity contribution in [1.29, 1.82) is 5.26 Å². The molecule has 0 saturated carbocycles. The second-order valence-electron chi connectivity index (χ2n) is 6.94. The van der Waals surface area contributed by atoms with Crippen molar-refractivity contribution >= 4 is 44.0 Å². The first-order chi connectivity index (χ1) is 13.3. The number of carbonyl (C=O) groups excluding carboxylic acids is 1. The van der Waals surface area contributed by atoms with Crippen molar-refractivity contribution in [3.8, 4) is 6.07 Å². The zero-order valence-electron chi connectivity index (χ0n) is 16.3. The van der Waals surface area contributed by atoms with Crippen LogP contribution in [0.4, 0.5) is 11.4 Å². The summed E-state index contributed by atoms with van der Waals surface area (Å²) >= 11 is 1.32. The van der Waals surface area contributed by atoms with Crippen molar-refractivity contribution in [3.63, 3.8) is 0 Å². The van der Waals surface area contributed by atoms with Crippen molar-refractivity contribution in [3.05, 3.63) is 23.8 Å². The minimum absolute atomic E-state index is 0.0490. The summed E-state index contributed by atoms with van der Waals surface area (Å²) in [5, 5.41) is 9.09. The van der Waals surface area contributed by atoms with Crippen LogP contribution in [0.1, 0.15) is 25.8 Å². The van der Waals surface area contributed by atoms with Gasteiger partial charge in [0.25, 0.3) is 5.91 Å². The summed E-state index contributed by atoms with van der Waals surface area (Å²) in [5.41, 5.74) is 2.96. The number of anilines is 2. The molecule has 0 aliphatic carbocycles. The number of fused-ring (bicyclic) bond motifs is 1. The van der Waals surface area contributed by atoms with Gasteiger partial charge in [0, 0.05) is 29.7 Å². The van der Waals surface area contributed by atoms with Crippen LogP contribution < -0.4 is 9.80 Å². The van der Waals surface area contributed by atoms with Crippen LogP contribution in [0, 0.1) is 18.3 Å². The highest BCUT2D eigenvalue weighted by atomic mass is 32.2. The third kappa shape index (κ3) is 4.03. The lowest BCUT2D eigenvalue weighted by Gasteiger charge is -2.28. The Morgan fingerprint density at radius 1 is 1.36 bits per heavy atom. The number of amidine groups is 1. The van der Waals surface area contributed by atoms with Gasteiger partial charge in [0.15, 0.2) is 15.0 Å². The lowest BCUT2D eigenvalue weighted by atomic mass is 10.1. The molecule has 7 nitrogen and oxygen atoms in total. The zero-order valence-corrected chi connectivity index (χ0v) is 17.9. The Morgan fingerprint density at radius 3 is 2.68 bits per heavy atom. The first kappa shape index (κ1) is 20.7. The number of hydrogen-bond acceptors (Lipinski definition) is 6. The first-order valence-corrected chi connectivity index (χ1v) is 12.0. The maximum absolute atomic E-state index is 12.2. The van der Waals surface area contributed by atoms with Crippen LogP contribution in [-0.2, 0) is 14.6 Å². The number of amides is 1. The molecular formula is C19H24N4O3S2. The standard InChI is InChI=1S/C19H24N4O3S2/c1-4-22(5-2)14-6-7-15(13(3)10-14)23-16-11-28(25,26)12-17(16)27-19(23)21-18(24)8-9-20/h6-7,10,16-17H,4-5,8,11-12H2,1-3H3/t16-,17+/m0/s1. The number of hydrogen-bond donors (Lipinski definition) is 0. The van der Waals surface area contributed by atoms with Crippen LogP contribution in [-0.4, -0.2) is 55.4 Å². The molecule has 1 aromatic rings. The lowest BCUT2D eigenvalue weighted by Crippen LogP contribution is -2.38. The molecule has 3 rings (SSSR count). The van der Waals surface area contributed by atoms with E-state index in [4.69, 9.17) is 5.26 Å². The Hall–Kier alpha value is -2.05. The topological polar surface area (TPSA) is 93.8 Å². The van der Waals surface area contributed by atoms with Crippen molar-refractivity contribution in [2.45, 2.75) is 38.5 Å². The van der Waals surface area contributed by atoms with E-state index < -0.39 is 15.7 Å². The monoisotopic (exact) mass is 420 g/mol. The highest BCUT2D eigenvalue weighted by Gasteiger charge is 2.49. The summed E-state index contributed by atoms with van der Waals surface area (Å²) in [5.74, 6) is -0.371. The molecule has 150 valence electrons. The second-order valence-corrected chi connectivity index (χ2v) is 10.3. The van der Waals surface area contributed by atoms with Gasteiger partial charge in [0.2, 0.25) is 0 Å². The third-order valence-corrected chi connectivity index (χ3v) is 8.30. The minimum atomic E-state index is -3.11. The van der Waals surface area contributed by atoms with E-state index in [1.54, 1.807) is 0 Å². The van der Waals surface area contributed by atoms with E-state index in [1.165, 1.54) is 11.8 Å². The number of benzene rings is 1. The highest BCUT2D eigenvalue weighted by molar-refractivity contribution is 8.16. The fourth-order valence-corrected chi connectivity index (χ4v) is 7.68. The molecule has 2 heterocycles. The molecule has 2 aliphatic heterocycles. The van der Waals surface area contributed by atoms with E-state index in [1.807, 2.05) is 30.0 Å². The molecule has 2 atom stereocenters. The van der Waals surface area contributed by atoms with Crippen LogP contribution in [0.15, 0.2) is 23.2 Å². The first-order valence-electron chi connectivity index (χ1n) is 9.30. The maximum Gasteiger partial charge on any atom is 0.262 e. The highest BCUT2D eigenvalue weighted by Crippen LogP contribution is 2.42. The molecular weight excluding hydrogens is 396 g/mol. The van der Waals surface area contributed by atoms with E-state index >= 15 is 0 Å². The molecule has 9 heteroatoms. The Balaban J connectivity index is 2.02. The predicted molar refractivity (Wildman–Crippen MR) is 114 cm³/mol. The van der Waals surface area contributed by atoms with Gasteiger partial charge in [-0.3, -0.25) is 4.79 Å². The summed E-state index contributed by atoms with van der Waals surface area (Å²) < 4.78 is 24.3. The van der Waals surface area contributed by atoms with Crippen molar-refractivity contribution in [1.82, 2.24) is 0 Å². The SMILES string of the molecule is CCN(CC)c1ccc(N2C(=NC(=O)CC#N)S[C@@H]3CS(=O)(=O)C[C@@H]32)c(C)c1. The van der Waals surface area contributed by atoms with Gasteiger partial charge in [0.1, 0.15) is 6.42 Å². The normalized spacial score (nSPS) is 24.2. The smallest absolute Gasteiger partial charge is 0.262 e. The van der Waals surface area contributed by atoms with E-state index in [2.05, 4.69) is 29.8 Å². The van der Waals surface area contributed by atoms with Crippen molar-refractivity contribution in [2.75, 3.05) is 34.4 Å². The number of carbonyl (C=O) groups is 1. The number of sulfone groups is 1. The zero-order chi connectivity index (χ0) is 20.5. The van der Waals surface area contributed by atoms with E-state index in [0.717, 1.165) is 30.0 Å². The molecule has 2 saturated heterocycles. The maximum atomic E-state index is 12.2. The predicted octanol–water partition coefficient (Wildman–Crippen LogP) is 2.36. The summed E-state index contributed by atoms with van der Waals surface area (Å²) in [6, 6.07) is 7.64. The number of thioether (sulfide) groups is 1. The second kappa shape index (κ2) is 8.13. The van der Waals surface area contributed by atoms with Crippen LogP contribution in [0.3, 0.4) is 0 Å². The van der Waals surface area contributed by atoms with Gasteiger partial charge >= 0.3 is 0 Å². The van der Waals surface area contributed by atoms with Crippen LogP contribution in [0.5, 0.6) is 0 Å². The average molecular weight is 421 g/mol. The molecule has 0 spiro atoms. The molecule has 1 amide bonds. The van der Waals surface area contributed by atoms with Crippen molar-refractivity contribution < 1.29 is 13.2 Å². The fraction of sp³-hybridized carbons (Fsp3) is 0.526. The van der Waals surface area contributed by atoms with Gasteiger partial charge in [-0.15, -0.1) is 0 Å². The number of aryl methyl sites for hydroxylation is 1. The molecule has 0 bridgehead atoms.